The van der Waals surface area contributed by atoms with Crippen LogP contribution in [-0.4, -0.2) is 39.5 Å². The molecule has 0 radical (unpaired) electrons. The van der Waals surface area contributed by atoms with Crippen LogP contribution in [0.15, 0.2) is 18.2 Å². The van der Waals surface area contributed by atoms with Gasteiger partial charge in [0.2, 0.25) is 11.8 Å². The third kappa shape index (κ3) is 3.91. The fourth-order valence-corrected chi connectivity index (χ4v) is 3.24. The Hall–Kier alpha value is -1.67. The zero-order valence-corrected chi connectivity index (χ0v) is 12.0. The normalized spacial score (nSPS) is 16.4. The van der Waals surface area contributed by atoms with E-state index >= 15 is 0 Å². The van der Waals surface area contributed by atoms with Crippen LogP contribution >= 0.6 is 23.5 Å². The van der Waals surface area contributed by atoms with Crippen molar-refractivity contribution < 1.29 is 19.5 Å². The van der Waals surface area contributed by atoms with E-state index in [2.05, 4.69) is 10.6 Å². The minimum absolute atomic E-state index is 0.0511. The highest BCUT2D eigenvalue weighted by Gasteiger charge is 2.14. The Morgan fingerprint density at radius 2 is 1.65 bits per heavy atom. The average molecular weight is 312 g/mol. The molecule has 0 fully saturated rings. The van der Waals surface area contributed by atoms with Crippen molar-refractivity contribution >= 4 is 52.7 Å². The van der Waals surface area contributed by atoms with Gasteiger partial charge in [0.25, 0.3) is 0 Å². The van der Waals surface area contributed by atoms with Crippen molar-refractivity contribution in [3.8, 4) is 0 Å². The maximum Gasteiger partial charge on any atom is 0.335 e. The second kappa shape index (κ2) is 6.67. The maximum absolute atomic E-state index is 11.7. The molecule has 0 bridgehead atoms. The number of hydrogen-bond donors (Lipinski definition) is 3. The Bertz CT molecular complexity index is 562. The largest absolute Gasteiger partial charge is 0.478 e. The number of carbonyl (C=O) groups is 3. The Morgan fingerprint density at radius 3 is 2.25 bits per heavy atom. The van der Waals surface area contributed by atoms with Crippen LogP contribution in [0.3, 0.4) is 0 Å². The molecular weight excluding hydrogens is 300 g/mol. The number of aromatic carboxylic acids is 1. The van der Waals surface area contributed by atoms with Gasteiger partial charge < -0.3 is 15.7 Å². The van der Waals surface area contributed by atoms with Gasteiger partial charge in [-0.1, -0.05) is 0 Å². The van der Waals surface area contributed by atoms with E-state index in [1.807, 2.05) is 0 Å². The Kier molecular flexibility index (Phi) is 4.91. The summed E-state index contributed by atoms with van der Waals surface area (Å²) in [5, 5.41) is 14.9. The van der Waals surface area contributed by atoms with E-state index in [-0.39, 0.29) is 23.1 Å². The average Bonchev–Trinajstić information content (AvgIpc) is 2.42. The molecule has 0 unspecified atom stereocenters. The summed E-state index contributed by atoms with van der Waals surface area (Å²) in [4.78, 5) is 34.4. The molecule has 2 rings (SSSR count). The highest BCUT2D eigenvalue weighted by molar-refractivity contribution is 8.16. The molecular formula is C12H12N2O4S2. The third-order valence-electron chi connectivity index (χ3n) is 2.45. The molecule has 106 valence electrons. The first-order chi connectivity index (χ1) is 9.56. The van der Waals surface area contributed by atoms with Gasteiger partial charge >= 0.3 is 5.97 Å². The molecule has 0 saturated carbocycles. The quantitative estimate of drug-likeness (QED) is 0.730. The number of amides is 2. The van der Waals surface area contributed by atoms with Gasteiger partial charge in [-0.15, -0.1) is 23.5 Å². The molecule has 6 nitrogen and oxygen atoms in total. The number of nitrogens with one attached hydrogen (secondary N) is 2. The van der Waals surface area contributed by atoms with Crippen molar-refractivity contribution in [3.63, 3.8) is 0 Å². The summed E-state index contributed by atoms with van der Waals surface area (Å²) in [6.07, 6.45) is 0. The number of carboxylic acids is 1. The predicted molar refractivity (Wildman–Crippen MR) is 80.4 cm³/mol. The zero-order valence-electron chi connectivity index (χ0n) is 10.3. The smallest absolute Gasteiger partial charge is 0.335 e. The monoisotopic (exact) mass is 312 g/mol. The molecule has 1 aliphatic heterocycles. The number of thioether (sulfide) groups is 2. The van der Waals surface area contributed by atoms with Crippen LogP contribution in [0.2, 0.25) is 0 Å². The Morgan fingerprint density at radius 1 is 1.05 bits per heavy atom. The zero-order chi connectivity index (χ0) is 14.5. The molecule has 0 aromatic heterocycles. The predicted octanol–water partition coefficient (Wildman–Crippen LogP) is 1.70. The number of fused-ring (bicyclic) bond motifs is 1. The van der Waals surface area contributed by atoms with Crippen molar-refractivity contribution in [2.75, 3.05) is 27.2 Å². The topological polar surface area (TPSA) is 95.5 Å². The fourth-order valence-electron chi connectivity index (χ4n) is 1.59. The van der Waals surface area contributed by atoms with E-state index in [1.165, 1.54) is 41.7 Å². The van der Waals surface area contributed by atoms with Gasteiger partial charge in [-0.2, -0.15) is 0 Å². The Labute approximate surface area is 123 Å². The number of anilines is 2. The maximum atomic E-state index is 11.7. The van der Waals surface area contributed by atoms with Crippen LogP contribution in [0.4, 0.5) is 11.4 Å². The molecule has 8 heteroatoms. The lowest BCUT2D eigenvalue weighted by molar-refractivity contribution is -0.114. The lowest BCUT2D eigenvalue weighted by Crippen LogP contribution is -2.18. The lowest BCUT2D eigenvalue weighted by atomic mass is 10.1. The lowest BCUT2D eigenvalue weighted by Gasteiger charge is -2.12. The SMILES string of the molecule is O=C1CSCSCC(=O)Nc2cc(C(=O)O)ccc2N1. The summed E-state index contributed by atoms with van der Waals surface area (Å²) in [6, 6.07) is 4.20. The summed E-state index contributed by atoms with van der Waals surface area (Å²) in [6.45, 7) is 0. The summed E-state index contributed by atoms with van der Waals surface area (Å²) in [7, 11) is 0. The van der Waals surface area contributed by atoms with E-state index in [1.54, 1.807) is 0 Å². The summed E-state index contributed by atoms with van der Waals surface area (Å²) >= 11 is 2.84. The number of hydrogen-bond acceptors (Lipinski definition) is 5. The molecule has 1 aromatic carbocycles. The van der Waals surface area contributed by atoms with E-state index in [0.717, 1.165) is 0 Å². The molecule has 1 aromatic rings. The fraction of sp³-hybridized carbons (Fsp3) is 0.250. The number of rotatable bonds is 1. The second-order valence-electron chi connectivity index (χ2n) is 3.98. The highest BCUT2D eigenvalue weighted by Crippen LogP contribution is 2.25. The van der Waals surface area contributed by atoms with E-state index in [9.17, 15) is 14.4 Å². The standard InChI is InChI=1S/C12H12N2O4S2/c15-10-4-19-6-20-5-11(16)14-9-3-7(12(17)18)1-2-8(9)13-10/h1-3H,4-6H2,(H,13,15)(H,14,16)(H,17,18). The molecule has 20 heavy (non-hydrogen) atoms. The van der Waals surface area contributed by atoms with Gasteiger partial charge in [0.1, 0.15) is 0 Å². The van der Waals surface area contributed by atoms with Gasteiger partial charge in [-0.3, -0.25) is 9.59 Å². The first-order valence-electron chi connectivity index (χ1n) is 5.69. The van der Waals surface area contributed by atoms with E-state index < -0.39 is 5.97 Å². The van der Waals surface area contributed by atoms with Crippen molar-refractivity contribution in [2.24, 2.45) is 0 Å². The van der Waals surface area contributed by atoms with E-state index in [0.29, 0.717) is 22.2 Å². The molecule has 1 aliphatic rings. The molecule has 0 spiro atoms. The highest BCUT2D eigenvalue weighted by atomic mass is 32.2. The van der Waals surface area contributed by atoms with Crippen LogP contribution in [0.5, 0.6) is 0 Å². The van der Waals surface area contributed by atoms with Gasteiger partial charge in [-0.25, -0.2) is 4.79 Å². The molecule has 1 heterocycles. The molecule has 0 saturated heterocycles. The molecule has 2 amide bonds. The summed E-state index contributed by atoms with van der Waals surface area (Å²) in [5.41, 5.74) is 0.756. The number of carbonyl (C=O) groups excluding carboxylic acids is 2. The van der Waals surface area contributed by atoms with Crippen LogP contribution in [0.25, 0.3) is 0 Å². The van der Waals surface area contributed by atoms with Crippen LogP contribution < -0.4 is 10.6 Å². The molecule has 0 atom stereocenters. The van der Waals surface area contributed by atoms with Crippen molar-refractivity contribution in [1.29, 1.82) is 0 Å². The van der Waals surface area contributed by atoms with Crippen molar-refractivity contribution in [1.82, 2.24) is 0 Å². The minimum atomic E-state index is -1.09. The summed E-state index contributed by atoms with van der Waals surface area (Å²) in [5.74, 6) is -0.946. The van der Waals surface area contributed by atoms with Crippen molar-refractivity contribution in [2.45, 2.75) is 0 Å². The third-order valence-corrected chi connectivity index (χ3v) is 4.71. The van der Waals surface area contributed by atoms with Gasteiger partial charge in [-0.05, 0) is 18.2 Å². The van der Waals surface area contributed by atoms with Gasteiger partial charge in [0.15, 0.2) is 0 Å². The van der Waals surface area contributed by atoms with Crippen molar-refractivity contribution in [3.05, 3.63) is 23.8 Å². The molecule has 3 N–H and O–H groups in total. The van der Waals surface area contributed by atoms with Gasteiger partial charge in [0, 0.05) is 5.08 Å². The van der Waals surface area contributed by atoms with Crippen LogP contribution in [-0.2, 0) is 9.59 Å². The first-order valence-corrected chi connectivity index (χ1v) is 8.00. The number of benzene rings is 1. The van der Waals surface area contributed by atoms with Crippen LogP contribution in [0, 0.1) is 0 Å². The van der Waals surface area contributed by atoms with E-state index in [4.69, 9.17) is 5.11 Å². The first kappa shape index (κ1) is 14.7. The number of carboxylic acid groups (broad SMARTS) is 1. The summed E-state index contributed by atoms with van der Waals surface area (Å²) < 4.78 is 0. The molecule has 0 aliphatic carbocycles. The second-order valence-corrected chi connectivity index (χ2v) is 6.31. The van der Waals surface area contributed by atoms with Gasteiger partial charge in [0.05, 0.1) is 28.4 Å². The van der Waals surface area contributed by atoms with Crippen LogP contribution in [0.1, 0.15) is 10.4 Å². The minimum Gasteiger partial charge on any atom is -0.478 e. The Balaban J connectivity index is 2.34.